The largest absolute Gasteiger partial charge is 0.366 e. The average molecular weight is 359 g/mol. The summed E-state index contributed by atoms with van der Waals surface area (Å²) >= 11 is 5.91. The maximum Gasteiger partial charge on any atom is 0.272 e. The number of carbonyl (C=O) groups is 1. The van der Waals surface area contributed by atoms with Gasteiger partial charge in [-0.25, -0.2) is 9.97 Å². The van der Waals surface area contributed by atoms with E-state index in [9.17, 15) is 4.79 Å². The molecule has 2 aromatic rings. The monoisotopic (exact) mass is 358 g/mol. The van der Waals surface area contributed by atoms with Crippen molar-refractivity contribution < 1.29 is 4.79 Å². The molecule has 0 spiro atoms. The van der Waals surface area contributed by atoms with E-state index in [0.29, 0.717) is 28.9 Å². The lowest BCUT2D eigenvalue weighted by atomic mass is 10.2. The number of carbonyl (C=O) groups excluding carboxylic acids is 1. The van der Waals surface area contributed by atoms with Crippen LogP contribution in [0.25, 0.3) is 0 Å². The standard InChI is InChI=1S/C19H23ClN4O/c1-14-22-17(19(25)24-10-4-2-3-5-11-24)12-18(23-14)21-13-15-6-8-16(20)9-7-15/h6-9,12H,2-5,10-11,13H2,1H3,(H,21,22,23). The molecule has 6 heteroatoms. The molecule has 1 fully saturated rings. The molecule has 0 bridgehead atoms. The summed E-state index contributed by atoms with van der Waals surface area (Å²) < 4.78 is 0. The summed E-state index contributed by atoms with van der Waals surface area (Å²) in [4.78, 5) is 23.4. The third kappa shape index (κ3) is 4.92. The highest BCUT2D eigenvalue weighted by Crippen LogP contribution is 2.16. The van der Waals surface area contributed by atoms with Gasteiger partial charge in [0.25, 0.3) is 5.91 Å². The smallest absolute Gasteiger partial charge is 0.272 e. The van der Waals surface area contributed by atoms with Crippen LogP contribution < -0.4 is 5.32 Å². The van der Waals surface area contributed by atoms with Crippen LogP contribution in [0.1, 0.15) is 47.6 Å². The first kappa shape index (κ1) is 17.7. The number of aryl methyl sites for hydroxylation is 1. The number of anilines is 1. The van der Waals surface area contributed by atoms with E-state index in [1.165, 1.54) is 12.8 Å². The molecule has 0 aliphatic carbocycles. The Morgan fingerprint density at radius 1 is 1.12 bits per heavy atom. The highest BCUT2D eigenvalue weighted by molar-refractivity contribution is 6.30. The van der Waals surface area contributed by atoms with Crippen LogP contribution in [-0.2, 0) is 6.54 Å². The Kier molecular flexibility index (Phi) is 5.87. The number of hydrogen-bond donors (Lipinski definition) is 1. The van der Waals surface area contributed by atoms with Crippen molar-refractivity contribution in [3.8, 4) is 0 Å². The van der Waals surface area contributed by atoms with Gasteiger partial charge >= 0.3 is 0 Å². The maximum absolute atomic E-state index is 12.8. The molecule has 1 aliphatic rings. The predicted octanol–water partition coefficient (Wildman–Crippen LogP) is 4.07. The van der Waals surface area contributed by atoms with E-state index >= 15 is 0 Å². The highest BCUT2D eigenvalue weighted by atomic mass is 35.5. The van der Waals surface area contributed by atoms with Gasteiger partial charge in [0.05, 0.1) is 0 Å². The van der Waals surface area contributed by atoms with Crippen LogP contribution in [0.2, 0.25) is 5.02 Å². The summed E-state index contributed by atoms with van der Waals surface area (Å²) in [5.41, 5.74) is 1.56. The molecular formula is C19H23ClN4O. The van der Waals surface area contributed by atoms with Crippen molar-refractivity contribution in [2.75, 3.05) is 18.4 Å². The van der Waals surface area contributed by atoms with Crippen molar-refractivity contribution in [3.05, 3.63) is 52.4 Å². The Balaban J connectivity index is 1.71. The second-order valence-electron chi connectivity index (χ2n) is 6.37. The fourth-order valence-corrected chi connectivity index (χ4v) is 3.12. The number of nitrogens with one attached hydrogen (secondary N) is 1. The fraction of sp³-hybridized carbons (Fsp3) is 0.421. The normalized spacial score (nSPS) is 14.9. The summed E-state index contributed by atoms with van der Waals surface area (Å²) in [7, 11) is 0. The molecule has 5 nitrogen and oxygen atoms in total. The van der Waals surface area contributed by atoms with Crippen LogP contribution in [0.4, 0.5) is 5.82 Å². The quantitative estimate of drug-likeness (QED) is 0.895. The van der Waals surface area contributed by atoms with Crippen molar-refractivity contribution in [1.82, 2.24) is 14.9 Å². The fourth-order valence-electron chi connectivity index (χ4n) is 3.00. The third-order valence-electron chi connectivity index (χ3n) is 4.34. The number of halogens is 1. The molecule has 3 rings (SSSR count). The van der Waals surface area contributed by atoms with E-state index in [2.05, 4.69) is 15.3 Å². The molecule has 1 aliphatic heterocycles. The lowest BCUT2D eigenvalue weighted by molar-refractivity contribution is 0.0755. The number of benzene rings is 1. The molecule has 132 valence electrons. The minimum absolute atomic E-state index is 0.00180. The Morgan fingerprint density at radius 3 is 2.48 bits per heavy atom. The van der Waals surface area contributed by atoms with Gasteiger partial charge in [-0.05, 0) is 37.5 Å². The topological polar surface area (TPSA) is 58.1 Å². The van der Waals surface area contributed by atoms with Gasteiger partial charge in [0, 0.05) is 30.7 Å². The van der Waals surface area contributed by atoms with Crippen LogP contribution in [0.15, 0.2) is 30.3 Å². The number of nitrogens with zero attached hydrogens (tertiary/aromatic N) is 3. The highest BCUT2D eigenvalue weighted by Gasteiger charge is 2.19. The van der Waals surface area contributed by atoms with Gasteiger partial charge in [-0.3, -0.25) is 4.79 Å². The lowest BCUT2D eigenvalue weighted by Gasteiger charge is -2.20. The zero-order valence-corrected chi connectivity index (χ0v) is 15.2. The Hall–Kier alpha value is -2.14. The summed E-state index contributed by atoms with van der Waals surface area (Å²) in [6.45, 7) is 4.06. The average Bonchev–Trinajstić information content (AvgIpc) is 2.89. The van der Waals surface area contributed by atoms with E-state index in [4.69, 9.17) is 11.6 Å². The first-order valence-corrected chi connectivity index (χ1v) is 9.13. The van der Waals surface area contributed by atoms with Gasteiger partial charge in [-0.1, -0.05) is 36.6 Å². The second-order valence-corrected chi connectivity index (χ2v) is 6.81. The van der Waals surface area contributed by atoms with E-state index in [0.717, 1.165) is 31.5 Å². The molecule has 2 heterocycles. The second kappa shape index (κ2) is 8.30. The van der Waals surface area contributed by atoms with Crippen molar-refractivity contribution in [2.24, 2.45) is 0 Å². The zero-order valence-electron chi connectivity index (χ0n) is 14.5. The molecule has 1 saturated heterocycles. The lowest BCUT2D eigenvalue weighted by Crippen LogP contribution is -2.32. The summed E-state index contributed by atoms with van der Waals surface area (Å²) in [5, 5.41) is 3.98. The van der Waals surface area contributed by atoms with Gasteiger partial charge in [0.15, 0.2) is 0 Å². The number of hydrogen-bond acceptors (Lipinski definition) is 4. The van der Waals surface area contributed by atoms with Gasteiger partial charge in [0.2, 0.25) is 0 Å². The third-order valence-corrected chi connectivity index (χ3v) is 4.59. The van der Waals surface area contributed by atoms with Crippen LogP contribution in [0.5, 0.6) is 0 Å². The summed E-state index contributed by atoms with van der Waals surface area (Å²) in [6, 6.07) is 9.39. The van der Waals surface area contributed by atoms with Crippen molar-refractivity contribution in [3.63, 3.8) is 0 Å². The molecule has 0 radical (unpaired) electrons. The van der Waals surface area contributed by atoms with Crippen molar-refractivity contribution in [2.45, 2.75) is 39.2 Å². The molecule has 1 aromatic heterocycles. The summed E-state index contributed by atoms with van der Waals surface area (Å²) in [6.07, 6.45) is 4.52. The molecule has 1 amide bonds. The Bertz CT molecular complexity index is 725. The molecule has 0 saturated carbocycles. The first-order chi connectivity index (χ1) is 12.1. The molecular weight excluding hydrogens is 336 g/mol. The number of aromatic nitrogens is 2. The van der Waals surface area contributed by atoms with E-state index in [-0.39, 0.29) is 5.91 Å². The van der Waals surface area contributed by atoms with E-state index in [1.807, 2.05) is 36.1 Å². The minimum Gasteiger partial charge on any atom is -0.366 e. The maximum atomic E-state index is 12.8. The molecule has 25 heavy (non-hydrogen) atoms. The predicted molar refractivity (Wildman–Crippen MR) is 99.9 cm³/mol. The van der Waals surface area contributed by atoms with Gasteiger partial charge in [0.1, 0.15) is 17.3 Å². The van der Waals surface area contributed by atoms with Crippen LogP contribution >= 0.6 is 11.6 Å². The van der Waals surface area contributed by atoms with Gasteiger partial charge in [-0.15, -0.1) is 0 Å². The van der Waals surface area contributed by atoms with Crippen LogP contribution in [0.3, 0.4) is 0 Å². The van der Waals surface area contributed by atoms with Crippen molar-refractivity contribution in [1.29, 1.82) is 0 Å². The molecule has 1 N–H and O–H groups in total. The first-order valence-electron chi connectivity index (χ1n) is 8.75. The van der Waals surface area contributed by atoms with E-state index in [1.54, 1.807) is 6.07 Å². The number of rotatable bonds is 4. The Labute approximate surface area is 153 Å². The SMILES string of the molecule is Cc1nc(NCc2ccc(Cl)cc2)cc(C(=O)N2CCCCCC2)n1. The van der Waals surface area contributed by atoms with Crippen LogP contribution in [0, 0.1) is 6.92 Å². The van der Waals surface area contributed by atoms with Gasteiger partial charge in [-0.2, -0.15) is 0 Å². The Morgan fingerprint density at radius 2 is 1.80 bits per heavy atom. The molecule has 0 unspecified atom stereocenters. The number of amides is 1. The van der Waals surface area contributed by atoms with Gasteiger partial charge < -0.3 is 10.2 Å². The summed E-state index contributed by atoms with van der Waals surface area (Å²) in [5.74, 6) is 1.27. The number of likely N-dealkylation sites (tertiary alicyclic amines) is 1. The molecule has 1 aromatic carbocycles. The minimum atomic E-state index is 0.00180. The van der Waals surface area contributed by atoms with Crippen molar-refractivity contribution >= 4 is 23.3 Å². The zero-order chi connectivity index (χ0) is 17.6. The molecule has 0 atom stereocenters. The van der Waals surface area contributed by atoms with Crippen LogP contribution in [-0.4, -0.2) is 33.9 Å². The van der Waals surface area contributed by atoms with E-state index < -0.39 is 0 Å².